The molecule has 160 valence electrons. The van der Waals surface area contributed by atoms with Crippen LogP contribution in [0, 0.1) is 19.7 Å². The van der Waals surface area contributed by atoms with Crippen LogP contribution < -0.4 is 10.9 Å². The van der Waals surface area contributed by atoms with Gasteiger partial charge in [-0.1, -0.05) is 23.9 Å². The van der Waals surface area contributed by atoms with Crippen molar-refractivity contribution in [1.29, 1.82) is 0 Å². The fourth-order valence-electron chi connectivity index (χ4n) is 3.05. The number of hydrogen-bond acceptors (Lipinski definition) is 6. The summed E-state index contributed by atoms with van der Waals surface area (Å²) < 4.78 is 19.8. The van der Waals surface area contributed by atoms with Gasteiger partial charge in [-0.3, -0.25) is 14.2 Å². The Balaban J connectivity index is 1.77. The average Bonchev–Trinajstić information content (AvgIpc) is 3.00. The molecule has 0 saturated carbocycles. The van der Waals surface area contributed by atoms with Gasteiger partial charge in [0, 0.05) is 12.0 Å². The molecule has 0 bridgehead atoms. The molecule has 1 unspecified atom stereocenters. The van der Waals surface area contributed by atoms with Gasteiger partial charge in [0.1, 0.15) is 10.6 Å². The van der Waals surface area contributed by atoms with Crippen LogP contribution in [0.4, 0.5) is 4.39 Å². The number of hydrogen-bond donors (Lipinski definition) is 1. The molecular formula is C21H24FN3O3S2. The molecule has 0 radical (unpaired) electrons. The maximum Gasteiger partial charge on any atom is 0.263 e. The first-order valence-electron chi connectivity index (χ1n) is 9.49. The molecule has 3 aromatic rings. The number of fused-ring (bicyclic) bond motifs is 1. The van der Waals surface area contributed by atoms with E-state index in [1.165, 1.54) is 35.2 Å². The minimum atomic E-state index is -0.317. The molecule has 0 aliphatic rings. The first-order valence-corrected chi connectivity index (χ1v) is 11.3. The van der Waals surface area contributed by atoms with E-state index in [2.05, 4.69) is 10.3 Å². The summed E-state index contributed by atoms with van der Waals surface area (Å²) in [7, 11) is 1.58. The fourth-order valence-corrected chi connectivity index (χ4v) is 4.95. The lowest BCUT2D eigenvalue weighted by atomic mass is 10.1. The first kappa shape index (κ1) is 22.5. The van der Waals surface area contributed by atoms with Gasteiger partial charge >= 0.3 is 0 Å². The lowest BCUT2D eigenvalue weighted by Crippen LogP contribution is -2.29. The Hall–Kier alpha value is -2.23. The van der Waals surface area contributed by atoms with Crippen LogP contribution in [0.1, 0.15) is 29.0 Å². The van der Waals surface area contributed by atoms with Gasteiger partial charge in [0.25, 0.3) is 5.56 Å². The van der Waals surface area contributed by atoms with Crippen LogP contribution in [-0.4, -0.2) is 34.9 Å². The summed E-state index contributed by atoms with van der Waals surface area (Å²) >= 11 is 2.70. The zero-order chi connectivity index (χ0) is 21.8. The van der Waals surface area contributed by atoms with Crippen molar-refractivity contribution in [3.63, 3.8) is 0 Å². The van der Waals surface area contributed by atoms with E-state index in [1.807, 2.05) is 20.8 Å². The molecule has 1 N–H and O–H groups in total. The highest BCUT2D eigenvalue weighted by Crippen LogP contribution is 2.28. The maximum absolute atomic E-state index is 13.1. The van der Waals surface area contributed by atoms with Gasteiger partial charge in [-0.2, -0.15) is 0 Å². The second-order valence-electron chi connectivity index (χ2n) is 6.94. The zero-order valence-electron chi connectivity index (χ0n) is 17.3. The molecule has 0 aliphatic carbocycles. The zero-order valence-corrected chi connectivity index (χ0v) is 19.0. The van der Waals surface area contributed by atoms with Crippen molar-refractivity contribution in [3.8, 4) is 0 Å². The van der Waals surface area contributed by atoms with Gasteiger partial charge in [0.05, 0.1) is 30.3 Å². The number of amides is 1. The van der Waals surface area contributed by atoms with Gasteiger partial charge in [0.2, 0.25) is 5.91 Å². The Kier molecular flexibility index (Phi) is 7.27. The van der Waals surface area contributed by atoms with E-state index in [4.69, 9.17) is 4.74 Å². The SMILES string of the molecule is COCCn1c(SCC(=O)NC(C)c2ccc(F)cc2)nc2sc(C)c(C)c2c1=O. The number of halogens is 1. The fraction of sp³-hybridized carbons (Fsp3) is 0.381. The van der Waals surface area contributed by atoms with Crippen LogP contribution in [0.3, 0.4) is 0 Å². The summed E-state index contributed by atoms with van der Waals surface area (Å²) in [6.45, 7) is 6.47. The average molecular weight is 450 g/mol. The third-order valence-electron chi connectivity index (χ3n) is 4.85. The third-order valence-corrected chi connectivity index (χ3v) is 6.93. The van der Waals surface area contributed by atoms with Crippen LogP contribution in [0.5, 0.6) is 0 Å². The molecule has 0 saturated heterocycles. The van der Waals surface area contributed by atoms with E-state index in [9.17, 15) is 14.0 Å². The third kappa shape index (κ3) is 4.91. The Labute approximate surface area is 182 Å². The molecule has 2 aromatic heterocycles. The van der Waals surface area contributed by atoms with E-state index in [-0.39, 0.29) is 29.1 Å². The van der Waals surface area contributed by atoms with Crippen molar-refractivity contribution in [3.05, 3.63) is 56.4 Å². The van der Waals surface area contributed by atoms with Crippen LogP contribution in [0.15, 0.2) is 34.2 Å². The monoisotopic (exact) mass is 449 g/mol. The van der Waals surface area contributed by atoms with Gasteiger partial charge in [-0.25, -0.2) is 9.37 Å². The van der Waals surface area contributed by atoms with E-state index < -0.39 is 0 Å². The predicted molar refractivity (Wildman–Crippen MR) is 119 cm³/mol. The second kappa shape index (κ2) is 9.72. The predicted octanol–water partition coefficient (Wildman–Crippen LogP) is 3.83. The van der Waals surface area contributed by atoms with Crippen LogP contribution in [-0.2, 0) is 16.1 Å². The van der Waals surface area contributed by atoms with E-state index in [1.54, 1.807) is 23.8 Å². The Morgan fingerprint density at radius 3 is 2.70 bits per heavy atom. The van der Waals surface area contributed by atoms with Crippen LogP contribution >= 0.6 is 23.1 Å². The van der Waals surface area contributed by atoms with E-state index in [0.717, 1.165) is 16.0 Å². The number of carbonyl (C=O) groups excluding carboxylic acids is 1. The topological polar surface area (TPSA) is 73.2 Å². The number of rotatable bonds is 8. The molecule has 1 aromatic carbocycles. The quantitative estimate of drug-likeness (QED) is 0.418. The van der Waals surface area contributed by atoms with Gasteiger partial charge in [-0.05, 0) is 44.0 Å². The van der Waals surface area contributed by atoms with Crippen LogP contribution in [0.25, 0.3) is 10.2 Å². The Morgan fingerprint density at radius 2 is 2.03 bits per heavy atom. The molecule has 1 atom stereocenters. The number of thioether (sulfide) groups is 1. The molecule has 6 nitrogen and oxygen atoms in total. The smallest absolute Gasteiger partial charge is 0.263 e. The number of nitrogens with zero attached hydrogens (tertiary/aromatic N) is 2. The lowest BCUT2D eigenvalue weighted by molar-refractivity contribution is -0.119. The number of aromatic nitrogens is 2. The molecule has 2 heterocycles. The molecule has 0 fully saturated rings. The minimum absolute atomic E-state index is 0.110. The van der Waals surface area contributed by atoms with Gasteiger partial charge in [0.15, 0.2) is 5.16 Å². The van der Waals surface area contributed by atoms with Crippen LogP contribution in [0.2, 0.25) is 0 Å². The number of benzene rings is 1. The molecule has 0 aliphatic heterocycles. The number of ether oxygens (including phenoxy) is 1. The summed E-state index contributed by atoms with van der Waals surface area (Å²) in [6.07, 6.45) is 0. The number of thiophene rings is 1. The highest BCUT2D eigenvalue weighted by Gasteiger charge is 2.18. The van der Waals surface area contributed by atoms with Crippen molar-refractivity contribution < 1.29 is 13.9 Å². The normalized spacial score (nSPS) is 12.3. The summed E-state index contributed by atoms with van der Waals surface area (Å²) in [5.74, 6) is -0.398. The number of carbonyl (C=O) groups is 1. The highest BCUT2D eigenvalue weighted by atomic mass is 32.2. The molecule has 9 heteroatoms. The maximum atomic E-state index is 13.1. The summed E-state index contributed by atoms with van der Waals surface area (Å²) in [4.78, 5) is 31.9. The largest absolute Gasteiger partial charge is 0.383 e. The van der Waals surface area contributed by atoms with Crippen molar-refractivity contribution in [1.82, 2.24) is 14.9 Å². The number of nitrogens with one attached hydrogen (secondary N) is 1. The van der Waals surface area contributed by atoms with Crippen molar-refractivity contribution >= 4 is 39.2 Å². The van der Waals surface area contributed by atoms with E-state index in [0.29, 0.717) is 28.5 Å². The van der Waals surface area contributed by atoms with Crippen molar-refractivity contribution in [2.24, 2.45) is 0 Å². The molecule has 3 rings (SSSR count). The van der Waals surface area contributed by atoms with E-state index >= 15 is 0 Å². The molecule has 1 amide bonds. The highest BCUT2D eigenvalue weighted by molar-refractivity contribution is 7.99. The number of aryl methyl sites for hydroxylation is 2. The summed E-state index contributed by atoms with van der Waals surface area (Å²) in [5, 5.41) is 4.02. The summed E-state index contributed by atoms with van der Waals surface area (Å²) in [6, 6.07) is 5.77. The summed E-state index contributed by atoms with van der Waals surface area (Å²) in [5.41, 5.74) is 1.65. The lowest BCUT2D eigenvalue weighted by Gasteiger charge is -2.15. The first-order chi connectivity index (χ1) is 14.3. The Bertz CT molecular complexity index is 1110. The Morgan fingerprint density at radius 1 is 1.33 bits per heavy atom. The van der Waals surface area contributed by atoms with Crippen molar-refractivity contribution in [2.75, 3.05) is 19.5 Å². The molecule has 0 spiro atoms. The second-order valence-corrected chi connectivity index (χ2v) is 9.08. The molecular weight excluding hydrogens is 425 g/mol. The van der Waals surface area contributed by atoms with Crippen molar-refractivity contribution in [2.45, 2.75) is 38.5 Å². The van der Waals surface area contributed by atoms with Gasteiger partial charge < -0.3 is 10.1 Å². The number of methoxy groups -OCH3 is 1. The van der Waals surface area contributed by atoms with Gasteiger partial charge in [-0.15, -0.1) is 11.3 Å². The minimum Gasteiger partial charge on any atom is -0.383 e. The molecule has 30 heavy (non-hydrogen) atoms. The standard InChI is InChI=1S/C21H24FN3O3S2/c1-12-14(3)30-19-18(12)20(27)25(9-10-28-4)21(24-19)29-11-17(26)23-13(2)15-5-7-16(22)8-6-15/h5-8,13H,9-11H2,1-4H3,(H,23,26).